The summed E-state index contributed by atoms with van der Waals surface area (Å²) in [6.07, 6.45) is 4.83. The van der Waals surface area contributed by atoms with Crippen LogP contribution in [-0.4, -0.2) is 0 Å². The van der Waals surface area contributed by atoms with Gasteiger partial charge in [-0.1, -0.05) is 18.2 Å². The molecule has 0 amide bonds. The standard InChI is InChI=1S/C14H15N/c1-14(9-15)8-13(14)12-6-5-10-3-2-4-11(10)7-12/h5-7,13H,2-4,8H2,1H3. The fourth-order valence-electron chi connectivity index (χ4n) is 2.78. The lowest BCUT2D eigenvalue weighted by Crippen LogP contribution is -1.94. The predicted molar refractivity (Wildman–Crippen MR) is 59.5 cm³/mol. The molecule has 0 spiro atoms. The van der Waals surface area contributed by atoms with Gasteiger partial charge in [-0.3, -0.25) is 0 Å². The minimum atomic E-state index is -0.0765. The van der Waals surface area contributed by atoms with E-state index in [4.69, 9.17) is 5.26 Å². The van der Waals surface area contributed by atoms with Crippen LogP contribution in [0.25, 0.3) is 0 Å². The normalized spacial score (nSPS) is 32.1. The lowest BCUT2D eigenvalue weighted by atomic mass is 9.99. The number of fused-ring (bicyclic) bond motifs is 1. The predicted octanol–water partition coefficient (Wildman–Crippen LogP) is 3.19. The monoisotopic (exact) mass is 197 g/mol. The number of benzene rings is 1. The van der Waals surface area contributed by atoms with Gasteiger partial charge in [-0.05, 0) is 49.3 Å². The first kappa shape index (κ1) is 8.97. The third-order valence-corrected chi connectivity index (χ3v) is 4.02. The first-order chi connectivity index (χ1) is 7.23. The van der Waals surface area contributed by atoms with Gasteiger partial charge < -0.3 is 0 Å². The summed E-state index contributed by atoms with van der Waals surface area (Å²) < 4.78 is 0. The average molecular weight is 197 g/mol. The topological polar surface area (TPSA) is 23.8 Å². The Bertz CT molecular complexity index is 455. The Hall–Kier alpha value is -1.29. The number of aryl methyl sites for hydroxylation is 2. The maximum atomic E-state index is 9.04. The number of nitriles is 1. The van der Waals surface area contributed by atoms with Crippen molar-refractivity contribution >= 4 is 0 Å². The zero-order valence-electron chi connectivity index (χ0n) is 9.09. The molecular formula is C14H15N. The van der Waals surface area contributed by atoms with E-state index in [1.165, 1.54) is 36.0 Å². The van der Waals surface area contributed by atoms with E-state index in [1.54, 1.807) is 0 Å². The Labute approximate surface area is 90.7 Å². The van der Waals surface area contributed by atoms with E-state index in [-0.39, 0.29) is 5.41 Å². The molecule has 76 valence electrons. The van der Waals surface area contributed by atoms with Gasteiger partial charge in [0.15, 0.2) is 0 Å². The van der Waals surface area contributed by atoms with Gasteiger partial charge in [-0.15, -0.1) is 0 Å². The summed E-state index contributed by atoms with van der Waals surface area (Å²) in [5.41, 5.74) is 4.37. The van der Waals surface area contributed by atoms with Crippen molar-refractivity contribution in [3.05, 3.63) is 34.9 Å². The SMILES string of the molecule is CC1(C#N)CC1c1ccc2c(c1)CCC2. The Kier molecular flexibility index (Phi) is 1.71. The molecule has 1 fully saturated rings. The summed E-state index contributed by atoms with van der Waals surface area (Å²) in [6.45, 7) is 2.07. The van der Waals surface area contributed by atoms with Crippen molar-refractivity contribution in [2.45, 2.75) is 38.5 Å². The third kappa shape index (κ3) is 1.28. The maximum absolute atomic E-state index is 9.04. The van der Waals surface area contributed by atoms with Crippen molar-refractivity contribution in [3.8, 4) is 6.07 Å². The van der Waals surface area contributed by atoms with Gasteiger partial charge in [0.1, 0.15) is 0 Å². The van der Waals surface area contributed by atoms with E-state index in [2.05, 4.69) is 31.2 Å². The highest BCUT2D eigenvalue weighted by molar-refractivity contribution is 5.41. The Balaban J connectivity index is 1.93. The van der Waals surface area contributed by atoms with Crippen LogP contribution >= 0.6 is 0 Å². The molecule has 1 aromatic carbocycles. The van der Waals surface area contributed by atoms with E-state index < -0.39 is 0 Å². The zero-order valence-corrected chi connectivity index (χ0v) is 9.09. The molecule has 1 heteroatoms. The van der Waals surface area contributed by atoms with Crippen LogP contribution in [0.15, 0.2) is 18.2 Å². The molecule has 3 rings (SSSR count). The molecule has 1 aromatic rings. The molecule has 0 heterocycles. The molecular weight excluding hydrogens is 182 g/mol. The highest BCUT2D eigenvalue weighted by Crippen LogP contribution is 2.58. The van der Waals surface area contributed by atoms with Crippen molar-refractivity contribution in [1.29, 1.82) is 5.26 Å². The Morgan fingerprint density at radius 2 is 2.13 bits per heavy atom. The van der Waals surface area contributed by atoms with Crippen molar-refractivity contribution < 1.29 is 0 Å². The van der Waals surface area contributed by atoms with Crippen molar-refractivity contribution in [2.75, 3.05) is 0 Å². The molecule has 2 atom stereocenters. The van der Waals surface area contributed by atoms with E-state index in [0.29, 0.717) is 5.92 Å². The van der Waals surface area contributed by atoms with Crippen LogP contribution in [0.3, 0.4) is 0 Å². The van der Waals surface area contributed by atoms with Gasteiger partial charge in [0, 0.05) is 5.92 Å². The van der Waals surface area contributed by atoms with Crippen LogP contribution in [0.4, 0.5) is 0 Å². The molecule has 2 aliphatic rings. The Morgan fingerprint density at radius 1 is 1.33 bits per heavy atom. The van der Waals surface area contributed by atoms with Gasteiger partial charge in [-0.2, -0.15) is 5.26 Å². The van der Waals surface area contributed by atoms with Crippen LogP contribution < -0.4 is 0 Å². The molecule has 0 N–H and O–H groups in total. The molecule has 2 unspecified atom stereocenters. The molecule has 0 saturated heterocycles. The van der Waals surface area contributed by atoms with Crippen molar-refractivity contribution in [1.82, 2.24) is 0 Å². The van der Waals surface area contributed by atoms with E-state index in [1.807, 2.05) is 0 Å². The van der Waals surface area contributed by atoms with Crippen LogP contribution in [0, 0.1) is 16.7 Å². The fraction of sp³-hybridized carbons (Fsp3) is 0.500. The molecule has 0 aromatic heterocycles. The van der Waals surface area contributed by atoms with Crippen molar-refractivity contribution in [2.24, 2.45) is 5.41 Å². The number of hydrogen-bond donors (Lipinski definition) is 0. The van der Waals surface area contributed by atoms with Crippen LogP contribution in [0.2, 0.25) is 0 Å². The highest BCUT2D eigenvalue weighted by Gasteiger charge is 2.51. The van der Waals surface area contributed by atoms with Gasteiger partial charge in [0.2, 0.25) is 0 Å². The summed E-state index contributed by atoms with van der Waals surface area (Å²) in [7, 11) is 0. The summed E-state index contributed by atoms with van der Waals surface area (Å²) >= 11 is 0. The fourth-order valence-corrected chi connectivity index (χ4v) is 2.78. The smallest absolute Gasteiger partial charge is 0.0693 e. The van der Waals surface area contributed by atoms with E-state index in [9.17, 15) is 0 Å². The lowest BCUT2D eigenvalue weighted by molar-refractivity contribution is 0.727. The summed E-state index contributed by atoms with van der Waals surface area (Å²) in [4.78, 5) is 0. The summed E-state index contributed by atoms with van der Waals surface area (Å²) in [5, 5.41) is 9.04. The van der Waals surface area contributed by atoms with Gasteiger partial charge in [0.25, 0.3) is 0 Å². The maximum Gasteiger partial charge on any atom is 0.0693 e. The van der Waals surface area contributed by atoms with Crippen molar-refractivity contribution in [3.63, 3.8) is 0 Å². The Morgan fingerprint density at radius 3 is 2.87 bits per heavy atom. The number of hydrogen-bond acceptors (Lipinski definition) is 1. The minimum Gasteiger partial charge on any atom is -0.198 e. The molecule has 1 nitrogen and oxygen atoms in total. The minimum absolute atomic E-state index is 0.0765. The molecule has 0 aliphatic heterocycles. The largest absolute Gasteiger partial charge is 0.198 e. The van der Waals surface area contributed by atoms with Crippen LogP contribution in [-0.2, 0) is 12.8 Å². The van der Waals surface area contributed by atoms with Gasteiger partial charge >= 0.3 is 0 Å². The third-order valence-electron chi connectivity index (χ3n) is 4.02. The second kappa shape index (κ2) is 2.85. The second-order valence-electron chi connectivity index (χ2n) is 5.17. The molecule has 1 saturated carbocycles. The lowest BCUT2D eigenvalue weighted by Gasteiger charge is -2.05. The van der Waals surface area contributed by atoms with Gasteiger partial charge in [0.05, 0.1) is 11.5 Å². The molecule has 0 radical (unpaired) electrons. The quantitative estimate of drug-likeness (QED) is 0.678. The van der Waals surface area contributed by atoms with Gasteiger partial charge in [-0.25, -0.2) is 0 Å². The molecule has 0 bridgehead atoms. The zero-order chi connectivity index (χ0) is 10.5. The first-order valence-corrected chi connectivity index (χ1v) is 5.76. The van der Waals surface area contributed by atoms with E-state index >= 15 is 0 Å². The molecule has 15 heavy (non-hydrogen) atoms. The molecule has 2 aliphatic carbocycles. The van der Waals surface area contributed by atoms with Crippen LogP contribution in [0.1, 0.15) is 42.4 Å². The van der Waals surface area contributed by atoms with Crippen LogP contribution in [0.5, 0.6) is 0 Å². The van der Waals surface area contributed by atoms with E-state index in [0.717, 1.165) is 6.42 Å². The first-order valence-electron chi connectivity index (χ1n) is 5.76. The second-order valence-corrected chi connectivity index (χ2v) is 5.17. The summed E-state index contributed by atoms with van der Waals surface area (Å²) in [5.74, 6) is 0.494. The summed E-state index contributed by atoms with van der Waals surface area (Å²) in [6, 6.07) is 9.28. The number of rotatable bonds is 1. The highest BCUT2D eigenvalue weighted by atomic mass is 14.5. The average Bonchev–Trinajstić information content (AvgIpc) is 2.75. The number of nitrogens with zero attached hydrogens (tertiary/aromatic N) is 1.